The molecule has 0 radical (unpaired) electrons. The highest BCUT2D eigenvalue weighted by Crippen LogP contribution is 2.24. The quantitative estimate of drug-likeness (QED) is 0.0437. The minimum atomic E-state index is -3.45. The van der Waals surface area contributed by atoms with Gasteiger partial charge in [-0.25, -0.2) is 49.1 Å². The maximum Gasteiger partial charge on any atom is 0.411 e. The first-order chi connectivity index (χ1) is 35.7. The first-order valence-corrected chi connectivity index (χ1v) is 30.7. The van der Waals surface area contributed by atoms with Crippen LogP contribution in [0.25, 0.3) is 0 Å². The fourth-order valence-corrected chi connectivity index (χ4v) is 9.33. The first kappa shape index (κ1) is 63.6. The van der Waals surface area contributed by atoms with E-state index in [0.29, 0.717) is 42.4 Å². The van der Waals surface area contributed by atoms with Crippen LogP contribution in [0.1, 0.15) is 48.6 Å². The molecule has 5 N–H and O–H groups in total. The van der Waals surface area contributed by atoms with Crippen molar-refractivity contribution in [3.8, 4) is 5.75 Å². The van der Waals surface area contributed by atoms with Gasteiger partial charge in [0.1, 0.15) is 19.0 Å². The van der Waals surface area contributed by atoms with Crippen LogP contribution >= 0.6 is 0 Å². The lowest BCUT2D eigenvalue weighted by Gasteiger charge is -2.24. The van der Waals surface area contributed by atoms with Crippen molar-refractivity contribution < 1.29 is 57.5 Å². The maximum absolute atomic E-state index is 12.2. The number of rotatable bonds is 22. The van der Waals surface area contributed by atoms with Crippen LogP contribution in [0.2, 0.25) is 0 Å². The van der Waals surface area contributed by atoms with E-state index in [1.54, 1.807) is 42.5 Å². The van der Waals surface area contributed by atoms with Crippen LogP contribution in [0.4, 0.5) is 42.8 Å². The van der Waals surface area contributed by atoms with E-state index < -0.39 is 59.2 Å². The van der Waals surface area contributed by atoms with Gasteiger partial charge in [-0.1, -0.05) is 53.6 Å². The van der Waals surface area contributed by atoms with E-state index in [2.05, 4.69) is 44.1 Å². The predicted octanol–water partition coefficient (Wildman–Crippen LogP) is 8.22. The minimum absolute atomic E-state index is 0.152. The van der Waals surface area contributed by atoms with Crippen LogP contribution < -0.4 is 39.4 Å². The van der Waals surface area contributed by atoms with Crippen molar-refractivity contribution in [2.75, 3.05) is 95.7 Å². The number of likely N-dealkylation sites (N-methyl/N-ethyl adjacent to an activating group) is 1. The van der Waals surface area contributed by atoms with Gasteiger partial charge in [-0.15, -0.1) is 0 Å². The smallest absolute Gasteiger partial charge is 0.411 e. The fourth-order valence-electron chi connectivity index (χ4n) is 6.84. The van der Waals surface area contributed by atoms with Crippen molar-refractivity contribution in [3.63, 3.8) is 0 Å². The lowest BCUT2D eigenvalue weighted by Crippen LogP contribution is -2.34. The van der Waals surface area contributed by atoms with Crippen LogP contribution in [0.3, 0.4) is 0 Å². The van der Waals surface area contributed by atoms with Gasteiger partial charge in [0.2, 0.25) is 10.0 Å². The van der Waals surface area contributed by atoms with Gasteiger partial charge in [-0.05, 0) is 139 Å². The summed E-state index contributed by atoms with van der Waals surface area (Å²) in [6.45, 7) is 18.6. The van der Waals surface area contributed by atoms with Crippen molar-refractivity contribution in [3.05, 3.63) is 137 Å². The van der Waals surface area contributed by atoms with Crippen LogP contribution in [0.15, 0.2) is 114 Å². The second-order valence-corrected chi connectivity index (χ2v) is 24.2. The largest absolute Gasteiger partial charge is 0.448 e. The summed E-state index contributed by atoms with van der Waals surface area (Å²) in [6, 6.07) is 31.2. The van der Waals surface area contributed by atoms with E-state index in [0.717, 1.165) is 64.8 Å². The number of nitrogens with one attached hydrogen (secondary N) is 5. The Morgan fingerprint density at radius 3 is 1.53 bits per heavy atom. The number of ether oxygens (including phenoxy) is 2. The minimum Gasteiger partial charge on any atom is -0.448 e. The Labute approximate surface area is 451 Å². The molecule has 0 aliphatic carbocycles. The lowest BCUT2D eigenvalue weighted by molar-refractivity contribution is 0.167. The molecule has 20 nitrogen and oxygen atoms in total. The SMILES string of the molecule is CCN(CC)c1ccc(NC(=O)OCCS(C)(=O)=O)c(C)c1.CCN(CCNS(C)(=O)=O)c1ccc(NC(=O)NS(=O)Oc2ccc(C)cc2)c(C)c1.Cc1ccc(NC(=O)OCCS(=O)(=O)c2ccccc2)c(C)c1. The third kappa shape index (κ3) is 23.9. The van der Waals surface area contributed by atoms with Crippen molar-refractivity contribution in [2.24, 2.45) is 0 Å². The standard InChI is InChI=1S/C20H28N4O5S2.C17H19NO4S.C15H24N2O4S/c1-5-24(13-12-21-31(4,27)28)17-8-11-19(16(3)14-17)22-20(25)23-30(26)29-18-9-6-15(2)7-10-18;1-13-8-9-16(14(2)12-13)18-17(19)22-10-11-23(20,21)15-6-4-3-5-7-15;1-5-17(6-2)13-7-8-14(12(3)11-13)16-15(18)21-9-10-22(4,19)20/h6-11,14,21H,5,12-13H2,1-4H3,(H2,22,23,25);3-9,12H,10-11H2,1-2H3,(H,18,19);7-8,11H,5-6,9-10H2,1-4H3,(H,16,18). The van der Waals surface area contributed by atoms with Gasteiger partial charge in [-0.2, -0.15) is 4.21 Å². The average Bonchev–Trinajstić information content (AvgIpc) is 3.34. The number of aryl methyl sites for hydroxylation is 5. The molecule has 24 heteroatoms. The predicted molar refractivity (Wildman–Crippen MR) is 303 cm³/mol. The topological polar surface area (TPSA) is 265 Å². The number of sulfone groups is 2. The van der Waals surface area contributed by atoms with Crippen molar-refractivity contribution in [1.29, 1.82) is 0 Å². The highest BCUT2D eigenvalue weighted by atomic mass is 32.2. The molecule has 76 heavy (non-hydrogen) atoms. The number of amides is 4. The molecule has 416 valence electrons. The number of carbonyl (C=O) groups is 3. The van der Waals surface area contributed by atoms with Crippen molar-refractivity contribution >= 4 is 87.6 Å². The normalized spacial score (nSPS) is 11.5. The molecular weight excluding hydrogens is 1060 g/mol. The Morgan fingerprint density at radius 1 is 0.566 bits per heavy atom. The summed E-state index contributed by atoms with van der Waals surface area (Å²) < 4.78 is 100. The van der Waals surface area contributed by atoms with Crippen LogP contribution in [-0.4, -0.2) is 118 Å². The number of benzene rings is 5. The summed E-state index contributed by atoms with van der Waals surface area (Å²) in [5.41, 5.74) is 8.61. The monoisotopic (exact) mass is 1130 g/mol. The number of urea groups is 1. The van der Waals surface area contributed by atoms with E-state index in [4.69, 9.17) is 13.7 Å². The van der Waals surface area contributed by atoms with Crippen molar-refractivity contribution in [1.82, 2.24) is 9.44 Å². The van der Waals surface area contributed by atoms with Gasteiger partial charge < -0.3 is 28.8 Å². The van der Waals surface area contributed by atoms with Gasteiger partial charge in [-0.3, -0.25) is 10.6 Å². The maximum atomic E-state index is 12.2. The van der Waals surface area contributed by atoms with Crippen LogP contribution in [-0.2, 0) is 50.4 Å². The van der Waals surface area contributed by atoms with E-state index in [1.165, 1.54) is 12.1 Å². The van der Waals surface area contributed by atoms with Crippen LogP contribution in [0.5, 0.6) is 5.75 Å². The number of hydrogen-bond donors (Lipinski definition) is 5. The molecule has 0 bridgehead atoms. The highest BCUT2D eigenvalue weighted by molar-refractivity contribution is 7.91. The lowest BCUT2D eigenvalue weighted by atomic mass is 10.1. The second kappa shape index (κ2) is 30.7. The number of nitrogens with zero attached hydrogens (tertiary/aromatic N) is 2. The van der Waals surface area contributed by atoms with Gasteiger partial charge in [0, 0.05) is 67.4 Å². The summed E-state index contributed by atoms with van der Waals surface area (Å²) >= 11 is -2.04. The summed E-state index contributed by atoms with van der Waals surface area (Å²) in [5, 5.41) is 7.88. The molecule has 4 amide bonds. The van der Waals surface area contributed by atoms with E-state index >= 15 is 0 Å². The van der Waals surface area contributed by atoms with Gasteiger partial charge in [0.05, 0.1) is 22.7 Å². The molecule has 1 atom stereocenters. The van der Waals surface area contributed by atoms with Crippen LogP contribution in [0, 0.1) is 34.6 Å². The molecule has 5 aromatic rings. The molecule has 5 rings (SSSR count). The summed E-state index contributed by atoms with van der Waals surface area (Å²) in [7, 11) is -9.82. The Balaban J connectivity index is 0.000000306. The Bertz CT molecular complexity index is 3070. The Hall–Kier alpha value is -6.73. The zero-order valence-corrected chi connectivity index (χ0v) is 47.9. The zero-order chi connectivity index (χ0) is 56.6. The van der Waals surface area contributed by atoms with Gasteiger partial charge in [0.25, 0.3) is 0 Å². The number of sulfonamides is 1. The van der Waals surface area contributed by atoms with Crippen molar-refractivity contribution in [2.45, 2.75) is 60.3 Å². The number of hydrogen-bond acceptors (Lipinski definition) is 15. The molecule has 0 spiro atoms. The average molecular weight is 1130 g/mol. The molecule has 0 aliphatic rings. The van der Waals surface area contributed by atoms with E-state index in [-0.39, 0.29) is 29.6 Å². The number of carbonyl (C=O) groups excluding carboxylic acids is 3. The molecule has 5 aromatic carbocycles. The molecular formula is C52H71N7O13S4. The molecule has 0 heterocycles. The molecule has 0 aliphatic heterocycles. The van der Waals surface area contributed by atoms with E-state index in [1.807, 2.05) is 101 Å². The Kier molecular flexibility index (Phi) is 25.7. The first-order valence-electron chi connectivity index (χ1n) is 24.0. The second-order valence-electron chi connectivity index (χ2n) is 17.2. The summed E-state index contributed by atoms with van der Waals surface area (Å²) in [5.74, 6) is -0.0489. The van der Waals surface area contributed by atoms with Gasteiger partial charge >= 0.3 is 29.5 Å². The molecule has 1 unspecified atom stereocenters. The molecule has 0 aromatic heterocycles. The molecule has 0 saturated carbocycles. The zero-order valence-electron chi connectivity index (χ0n) is 44.6. The third-order valence-corrected chi connectivity index (χ3v) is 14.9. The van der Waals surface area contributed by atoms with E-state index in [9.17, 15) is 43.8 Å². The fraction of sp³-hybridized carbons (Fsp3) is 0.365. The van der Waals surface area contributed by atoms with Gasteiger partial charge in [0.15, 0.2) is 19.7 Å². The summed E-state index contributed by atoms with van der Waals surface area (Å²) in [6.07, 6.45) is 0.907. The molecule has 0 saturated heterocycles. The third-order valence-electron chi connectivity index (χ3n) is 10.9. The summed E-state index contributed by atoms with van der Waals surface area (Å²) in [4.78, 5) is 40.0. The number of anilines is 5. The highest BCUT2D eigenvalue weighted by Gasteiger charge is 2.17. The molecule has 0 fully saturated rings. The Morgan fingerprint density at radius 2 is 1.04 bits per heavy atom.